The molecule has 2 aliphatic rings. The predicted octanol–water partition coefficient (Wildman–Crippen LogP) is 1.48. The van der Waals surface area contributed by atoms with Gasteiger partial charge in [-0.15, -0.1) is 0 Å². The highest BCUT2D eigenvalue weighted by atomic mass is 16.5. The molecule has 88 valence electrons. The van der Waals surface area contributed by atoms with Crippen molar-refractivity contribution in [3.8, 4) is 0 Å². The Balaban J connectivity index is 1.76. The van der Waals surface area contributed by atoms with Crippen LogP contribution in [-0.2, 0) is 11.3 Å². The molecule has 3 rings (SSSR count). The minimum atomic E-state index is 0.430. The Labute approximate surface area is 96.0 Å². The van der Waals surface area contributed by atoms with Crippen LogP contribution in [0.1, 0.15) is 37.9 Å². The molecule has 3 unspecified atom stereocenters. The maximum Gasteiger partial charge on any atom is 0.0952 e. The van der Waals surface area contributed by atoms with E-state index in [2.05, 4.69) is 21.8 Å². The molecule has 4 heteroatoms. The second-order valence-electron chi connectivity index (χ2n) is 4.75. The van der Waals surface area contributed by atoms with E-state index in [1.165, 1.54) is 25.0 Å². The molecule has 0 radical (unpaired) electrons. The van der Waals surface area contributed by atoms with Gasteiger partial charge in [-0.1, -0.05) is 6.92 Å². The summed E-state index contributed by atoms with van der Waals surface area (Å²) in [5.74, 6) is 0. The summed E-state index contributed by atoms with van der Waals surface area (Å²) in [5.41, 5.74) is 1.28. The molecule has 3 atom stereocenters. The van der Waals surface area contributed by atoms with Crippen molar-refractivity contribution in [2.45, 2.75) is 51.0 Å². The molecule has 2 saturated heterocycles. The molecule has 3 heterocycles. The molecule has 4 nitrogen and oxygen atoms in total. The van der Waals surface area contributed by atoms with E-state index in [1.807, 2.05) is 12.5 Å². The molecule has 2 aliphatic heterocycles. The van der Waals surface area contributed by atoms with Crippen molar-refractivity contribution in [3.63, 3.8) is 0 Å². The zero-order valence-corrected chi connectivity index (χ0v) is 9.72. The van der Waals surface area contributed by atoms with E-state index in [-0.39, 0.29) is 0 Å². The predicted molar refractivity (Wildman–Crippen MR) is 61.2 cm³/mol. The van der Waals surface area contributed by atoms with Crippen molar-refractivity contribution in [2.75, 3.05) is 6.54 Å². The average molecular weight is 221 g/mol. The Morgan fingerprint density at radius 3 is 3.19 bits per heavy atom. The molecule has 0 aromatic carbocycles. The summed E-state index contributed by atoms with van der Waals surface area (Å²) < 4.78 is 8.21. The first-order chi connectivity index (χ1) is 7.88. The van der Waals surface area contributed by atoms with Crippen molar-refractivity contribution < 1.29 is 4.74 Å². The van der Waals surface area contributed by atoms with Crippen molar-refractivity contribution in [2.24, 2.45) is 0 Å². The Hall–Kier alpha value is -0.870. The second-order valence-corrected chi connectivity index (χ2v) is 4.75. The van der Waals surface area contributed by atoms with E-state index < -0.39 is 0 Å². The lowest BCUT2D eigenvalue weighted by Gasteiger charge is -2.22. The molecule has 0 aliphatic carbocycles. The highest BCUT2D eigenvalue weighted by Gasteiger charge is 2.42. The van der Waals surface area contributed by atoms with Crippen LogP contribution >= 0.6 is 0 Å². The number of nitrogens with one attached hydrogen (secondary N) is 1. The average Bonchev–Trinajstić information content (AvgIpc) is 3.01. The first-order valence-corrected chi connectivity index (χ1v) is 6.25. The van der Waals surface area contributed by atoms with Crippen LogP contribution in [-0.4, -0.2) is 28.3 Å². The third-order valence-electron chi connectivity index (χ3n) is 3.73. The molecular formula is C12H19N3O. The molecule has 0 amide bonds. The number of nitrogens with zero attached hydrogens (tertiary/aromatic N) is 2. The molecule has 2 fully saturated rings. The van der Waals surface area contributed by atoms with Gasteiger partial charge in [-0.25, -0.2) is 4.98 Å². The quantitative estimate of drug-likeness (QED) is 0.837. The van der Waals surface area contributed by atoms with Gasteiger partial charge >= 0.3 is 0 Å². The lowest BCUT2D eigenvalue weighted by Crippen LogP contribution is -2.24. The molecule has 2 bridgehead atoms. The van der Waals surface area contributed by atoms with Crippen molar-refractivity contribution in [1.82, 2.24) is 14.9 Å². The summed E-state index contributed by atoms with van der Waals surface area (Å²) in [6.45, 7) is 4.03. The third-order valence-corrected chi connectivity index (χ3v) is 3.73. The van der Waals surface area contributed by atoms with E-state index in [4.69, 9.17) is 4.74 Å². The normalized spacial score (nSPS) is 32.4. The number of fused-ring (bicyclic) bond motifs is 2. The van der Waals surface area contributed by atoms with Crippen LogP contribution in [0.4, 0.5) is 0 Å². The Bertz CT molecular complexity index is 363. The molecule has 1 aromatic heterocycles. The summed E-state index contributed by atoms with van der Waals surface area (Å²) in [5, 5.41) is 3.36. The van der Waals surface area contributed by atoms with Crippen molar-refractivity contribution >= 4 is 0 Å². The maximum atomic E-state index is 5.90. The van der Waals surface area contributed by atoms with Crippen LogP contribution in [0.15, 0.2) is 12.5 Å². The van der Waals surface area contributed by atoms with E-state index >= 15 is 0 Å². The van der Waals surface area contributed by atoms with E-state index in [0.717, 1.165) is 13.1 Å². The van der Waals surface area contributed by atoms with Crippen LogP contribution < -0.4 is 5.32 Å². The van der Waals surface area contributed by atoms with Gasteiger partial charge in [0.1, 0.15) is 0 Å². The van der Waals surface area contributed by atoms with Gasteiger partial charge in [0.15, 0.2) is 0 Å². The number of hydrogen-bond donors (Lipinski definition) is 1. The van der Waals surface area contributed by atoms with Crippen LogP contribution in [0.25, 0.3) is 0 Å². The lowest BCUT2D eigenvalue weighted by atomic mass is 9.95. The summed E-state index contributed by atoms with van der Waals surface area (Å²) in [7, 11) is 0. The Morgan fingerprint density at radius 1 is 1.56 bits per heavy atom. The molecule has 16 heavy (non-hydrogen) atoms. The van der Waals surface area contributed by atoms with Gasteiger partial charge in [0.2, 0.25) is 0 Å². The van der Waals surface area contributed by atoms with E-state index in [0.29, 0.717) is 18.2 Å². The van der Waals surface area contributed by atoms with Gasteiger partial charge in [-0.05, 0) is 25.8 Å². The van der Waals surface area contributed by atoms with E-state index in [1.54, 1.807) is 0 Å². The van der Waals surface area contributed by atoms with Gasteiger partial charge < -0.3 is 14.6 Å². The summed E-state index contributed by atoms with van der Waals surface area (Å²) in [6.07, 6.45) is 8.49. The number of imidazole rings is 1. The largest absolute Gasteiger partial charge is 0.373 e. The number of hydrogen-bond acceptors (Lipinski definition) is 3. The number of rotatable bonds is 4. The summed E-state index contributed by atoms with van der Waals surface area (Å²) in [4.78, 5) is 4.27. The fourth-order valence-electron chi connectivity index (χ4n) is 2.92. The molecule has 0 saturated carbocycles. The monoisotopic (exact) mass is 221 g/mol. The maximum absolute atomic E-state index is 5.90. The van der Waals surface area contributed by atoms with Gasteiger partial charge in [0.25, 0.3) is 0 Å². The molecule has 1 aromatic rings. The highest BCUT2D eigenvalue weighted by molar-refractivity contribution is 5.04. The summed E-state index contributed by atoms with van der Waals surface area (Å²) in [6, 6.07) is 0.523. The minimum absolute atomic E-state index is 0.430. The first kappa shape index (κ1) is 10.3. The van der Waals surface area contributed by atoms with Gasteiger partial charge in [0.05, 0.1) is 30.3 Å². The minimum Gasteiger partial charge on any atom is -0.373 e. The third kappa shape index (κ3) is 1.66. The zero-order chi connectivity index (χ0) is 11.0. The molecular weight excluding hydrogens is 202 g/mol. The SMILES string of the molecule is CCNCc1cncn1C1CC2CCC1O2. The Morgan fingerprint density at radius 2 is 2.50 bits per heavy atom. The van der Waals surface area contributed by atoms with Crippen molar-refractivity contribution in [3.05, 3.63) is 18.2 Å². The van der Waals surface area contributed by atoms with Gasteiger partial charge in [-0.3, -0.25) is 0 Å². The number of aromatic nitrogens is 2. The summed E-state index contributed by atoms with van der Waals surface area (Å²) >= 11 is 0. The highest BCUT2D eigenvalue weighted by Crippen LogP contribution is 2.41. The molecule has 1 N–H and O–H groups in total. The first-order valence-electron chi connectivity index (χ1n) is 6.25. The fraction of sp³-hybridized carbons (Fsp3) is 0.750. The topological polar surface area (TPSA) is 39.1 Å². The van der Waals surface area contributed by atoms with Crippen LogP contribution in [0.3, 0.4) is 0 Å². The smallest absolute Gasteiger partial charge is 0.0952 e. The van der Waals surface area contributed by atoms with Crippen LogP contribution in [0, 0.1) is 0 Å². The van der Waals surface area contributed by atoms with Gasteiger partial charge in [-0.2, -0.15) is 0 Å². The van der Waals surface area contributed by atoms with Crippen LogP contribution in [0.2, 0.25) is 0 Å². The van der Waals surface area contributed by atoms with Gasteiger partial charge in [0, 0.05) is 12.7 Å². The fourth-order valence-corrected chi connectivity index (χ4v) is 2.92. The Kier molecular flexibility index (Phi) is 2.69. The van der Waals surface area contributed by atoms with Crippen molar-refractivity contribution in [1.29, 1.82) is 0 Å². The van der Waals surface area contributed by atoms with E-state index in [9.17, 15) is 0 Å². The lowest BCUT2D eigenvalue weighted by molar-refractivity contribution is 0.0934. The molecule has 0 spiro atoms. The zero-order valence-electron chi connectivity index (χ0n) is 9.72. The number of ether oxygens (including phenoxy) is 1. The standard InChI is InChI=1S/C12H19N3O/c1-2-13-6-9-7-14-8-15(9)11-5-10-3-4-12(11)16-10/h7-8,10-13H,2-6H2,1H3. The second kappa shape index (κ2) is 4.18. The van der Waals surface area contributed by atoms with Crippen LogP contribution in [0.5, 0.6) is 0 Å².